The van der Waals surface area contributed by atoms with Gasteiger partial charge < -0.3 is 19.6 Å². The first-order valence-corrected chi connectivity index (χ1v) is 14.9. The molecule has 6 rings (SSSR count). The second kappa shape index (κ2) is 10.9. The number of nitrogens with one attached hydrogen (secondary N) is 2. The van der Waals surface area contributed by atoms with E-state index in [0.717, 1.165) is 83.4 Å². The normalized spacial score (nSPS) is 18.2. The number of piperazine rings is 1. The van der Waals surface area contributed by atoms with Crippen molar-refractivity contribution in [1.82, 2.24) is 34.6 Å². The number of morpholine rings is 1. The Morgan fingerprint density at radius 2 is 1.50 bits per heavy atom. The first kappa shape index (κ1) is 27.4. The van der Waals surface area contributed by atoms with Gasteiger partial charge in [-0.25, -0.2) is 9.97 Å². The van der Waals surface area contributed by atoms with Crippen LogP contribution < -0.4 is 5.32 Å². The summed E-state index contributed by atoms with van der Waals surface area (Å²) in [6.07, 6.45) is 4.22. The summed E-state index contributed by atoms with van der Waals surface area (Å²) in [5, 5.41) is 5.86. The number of nitrogens with zero attached hydrogens (tertiary/aromatic N) is 5. The van der Waals surface area contributed by atoms with Crippen molar-refractivity contribution in [3.8, 4) is 0 Å². The molecule has 8 heteroatoms. The lowest BCUT2D eigenvalue weighted by molar-refractivity contribution is 0.0334. The Morgan fingerprint density at radius 3 is 2.23 bits per heavy atom. The summed E-state index contributed by atoms with van der Waals surface area (Å²) in [5.41, 5.74) is 6.96. The fourth-order valence-electron chi connectivity index (χ4n) is 6.34. The minimum absolute atomic E-state index is 0.0285. The van der Waals surface area contributed by atoms with E-state index in [1.54, 1.807) is 0 Å². The summed E-state index contributed by atoms with van der Waals surface area (Å²) in [6.45, 7) is 21.9. The topological polar surface area (TPSA) is 74.2 Å². The van der Waals surface area contributed by atoms with E-state index in [9.17, 15) is 0 Å². The Balaban J connectivity index is 1.35. The van der Waals surface area contributed by atoms with Gasteiger partial charge in [-0.3, -0.25) is 9.80 Å². The van der Waals surface area contributed by atoms with Crippen molar-refractivity contribution in [2.75, 3.05) is 52.5 Å². The molecule has 2 aliphatic rings. The van der Waals surface area contributed by atoms with Crippen molar-refractivity contribution >= 4 is 22.1 Å². The first-order valence-electron chi connectivity index (χ1n) is 14.9. The molecule has 4 aromatic heterocycles. The molecule has 0 bridgehead atoms. The molecule has 0 saturated carbocycles. The van der Waals surface area contributed by atoms with Crippen LogP contribution in [0.25, 0.3) is 22.1 Å². The molecule has 2 fully saturated rings. The van der Waals surface area contributed by atoms with Crippen LogP contribution in [-0.2, 0) is 35.2 Å². The maximum atomic E-state index is 5.61. The van der Waals surface area contributed by atoms with Crippen LogP contribution in [-0.4, -0.2) is 81.8 Å². The fourth-order valence-corrected chi connectivity index (χ4v) is 6.34. The smallest absolute Gasteiger partial charge is 0.140 e. The summed E-state index contributed by atoms with van der Waals surface area (Å²) in [6, 6.07) is 9.11. The number of aromatic amines is 1. The maximum absolute atomic E-state index is 5.61. The van der Waals surface area contributed by atoms with E-state index in [-0.39, 0.29) is 10.8 Å². The molecular weight excluding hydrogens is 498 g/mol. The van der Waals surface area contributed by atoms with E-state index < -0.39 is 0 Å². The zero-order chi connectivity index (χ0) is 27.9. The third kappa shape index (κ3) is 5.68. The third-order valence-corrected chi connectivity index (χ3v) is 8.59. The van der Waals surface area contributed by atoms with Crippen molar-refractivity contribution < 1.29 is 4.74 Å². The molecule has 8 nitrogen and oxygen atoms in total. The van der Waals surface area contributed by atoms with E-state index >= 15 is 0 Å². The number of hydrogen-bond donors (Lipinski definition) is 2. The molecule has 0 spiro atoms. The van der Waals surface area contributed by atoms with Crippen molar-refractivity contribution in [2.45, 2.75) is 65.1 Å². The zero-order valence-corrected chi connectivity index (χ0v) is 24.9. The highest BCUT2D eigenvalue weighted by Gasteiger charge is 2.29. The average molecular weight is 544 g/mol. The lowest BCUT2D eigenvalue weighted by Crippen LogP contribution is -2.43. The SMILES string of the molecule is CC(C)(C)c1cc2ccn(CC(C)(C)c3cc4cc[nH]c4nc3CN3CCNCC3)c2nc1CN1CCOCC1. The third-order valence-electron chi connectivity index (χ3n) is 8.59. The Bertz CT molecular complexity index is 1470. The van der Waals surface area contributed by atoms with Gasteiger partial charge in [0.2, 0.25) is 0 Å². The molecule has 0 aliphatic carbocycles. The van der Waals surface area contributed by atoms with Crippen LogP contribution in [0, 0.1) is 0 Å². The highest BCUT2D eigenvalue weighted by Crippen LogP contribution is 2.34. The molecule has 2 saturated heterocycles. The highest BCUT2D eigenvalue weighted by molar-refractivity contribution is 5.78. The van der Waals surface area contributed by atoms with Crippen molar-refractivity contribution in [3.05, 3.63) is 59.2 Å². The second-order valence-electron chi connectivity index (χ2n) is 13.3. The average Bonchev–Trinajstić information content (AvgIpc) is 3.54. The molecule has 4 aromatic rings. The summed E-state index contributed by atoms with van der Waals surface area (Å²) in [5.74, 6) is 0. The maximum Gasteiger partial charge on any atom is 0.140 e. The molecule has 2 aliphatic heterocycles. The van der Waals surface area contributed by atoms with Gasteiger partial charge in [0.15, 0.2) is 0 Å². The zero-order valence-electron chi connectivity index (χ0n) is 24.9. The molecule has 40 heavy (non-hydrogen) atoms. The van der Waals surface area contributed by atoms with E-state index in [4.69, 9.17) is 14.7 Å². The second-order valence-corrected chi connectivity index (χ2v) is 13.3. The van der Waals surface area contributed by atoms with Gasteiger partial charge in [-0.2, -0.15) is 0 Å². The number of H-pyrrole nitrogens is 1. The molecular formula is C32H45N7O. The molecule has 0 aromatic carbocycles. The van der Waals surface area contributed by atoms with E-state index in [0.29, 0.717) is 0 Å². The van der Waals surface area contributed by atoms with Crippen LogP contribution in [0.1, 0.15) is 57.1 Å². The molecule has 0 unspecified atom stereocenters. The quantitative estimate of drug-likeness (QED) is 0.359. The molecule has 0 amide bonds. The largest absolute Gasteiger partial charge is 0.379 e. The van der Waals surface area contributed by atoms with Crippen LogP contribution in [0.4, 0.5) is 0 Å². The van der Waals surface area contributed by atoms with E-state index in [1.807, 2.05) is 6.20 Å². The van der Waals surface area contributed by atoms with Gasteiger partial charge in [-0.1, -0.05) is 34.6 Å². The van der Waals surface area contributed by atoms with Gasteiger partial charge in [0, 0.05) is 87.5 Å². The minimum atomic E-state index is -0.136. The lowest BCUT2D eigenvalue weighted by Gasteiger charge is -2.32. The molecule has 6 heterocycles. The van der Waals surface area contributed by atoms with Gasteiger partial charge in [-0.05, 0) is 40.8 Å². The predicted octanol–water partition coefficient (Wildman–Crippen LogP) is 4.43. The number of fused-ring (bicyclic) bond motifs is 2. The Kier molecular flexibility index (Phi) is 7.46. The van der Waals surface area contributed by atoms with Gasteiger partial charge in [-0.15, -0.1) is 0 Å². The Morgan fingerprint density at radius 1 is 0.825 bits per heavy atom. The standard InChI is InChI=1S/C32H45N7O/c1-31(2,3)25-19-24-7-11-39(30(24)36-27(25)20-38-14-16-40-17-15-38)22-32(4,5)26-18-23-6-8-34-29(23)35-28(26)21-37-12-9-33-10-13-37/h6-8,11,18-19,33H,9-10,12-17,20-22H2,1-5H3,(H,34,35). The number of rotatable bonds is 7. The molecule has 0 atom stereocenters. The van der Waals surface area contributed by atoms with Crippen LogP contribution in [0.2, 0.25) is 0 Å². The summed E-state index contributed by atoms with van der Waals surface area (Å²) in [4.78, 5) is 18.9. The lowest BCUT2D eigenvalue weighted by atomic mass is 9.82. The number of aromatic nitrogens is 4. The van der Waals surface area contributed by atoms with E-state index in [1.165, 1.54) is 33.3 Å². The van der Waals surface area contributed by atoms with Crippen LogP contribution in [0.15, 0.2) is 36.7 Å². The Labute approximate surface area is 238 Å². The van der Waals surface area contributed by atoms with Crippen molar-refractivity contribution in [1.29, 1.82) is 0 Å². The summed E-state index contributed by atoms with van der Waals surface area (Å²) >= 11 is 0. The summed E-state index contributed by atoms with van der Waals surface area (Å²) in [7, 11) is 0. The highest BCUT2D eigenvalue weighted by atomic mass is 16.5. The van der Waals surface area contributed by atoms with Gasteiger partial charge >= 0.3 is 0 Å². The van der Waals surface area contributed by atoms with Gasteiger partial charge in [0.25, 0.3) is 0 Å². The van der Waals surface area contributed by atoms with E-state index in [2.05, 4.69) is 89.7 Å². The van der Waals surface area contributed by atoms with Crippen molar-refractivity contribution in [2.24, 2.45) is 0 Å². The molecule has 0 radical (unpaired) electrons. The van der Waals surface area contributed by atoms with Gasteiger partial charge in [0.1, 0.15) is 11.3 Å². The fraction of sp³-hybridized carbons (Fsp3) is 0.562. The number of hydrogen-bond acceptors (Lipinski definition) is 6. The molecule has 2 N–H and O–H groups in total. The predicted molar refractivity (Wildman–Crippen MR) is 162 cm³/mol. The molecule has 214 valence electrons. The van der Waals surface area contributed by atoms with Crippen LogP contribution in [0.3, 0.4) is 0 Å². The van der Waals surface area contributed by atoms with Crippen molar-refractivity contribution in [3.63, 3.8) is 0 Å². The number of ether oxygens (including phenoxy) is 1. The van der Waals surface area contributed by atoms with Crippen LogP contribution in [0.5, 0.6) is 0 Å². The minimum Gasteiger partial charge on any atom is -0.379 e. The first-order chi connectivity index (χ1) is 19.2. The monoisotopic (exact) mass is 543 g/mol. The van der Waals surface area contributed by atoms with Crippen LogP contribution >= 0.6 is 0 Å². The number of pyridine rings is 2. The summed E-state index contributed by atoms with van der Waals surface area (Å²) < 4.78 is 7.97. The van der Waals surface area contributed by atoms with Gasteiger partial charge in [0.05, 0.1) is 24.6 Å². The Hall–Kier alpha value is -2.78.